The van der Waals surface area contributed by atoms with E-state index in [1.807, 2.05) is 12.1 Å². The molecule has 12 nitrogen and oxygen atoms in total. The number of phenolic OH excluding ortho intramolecular Hbond substituents is 2. The minimum Gasteiger partial charge on any atom is -0.507 e. The van der Waals surface area contributed by atoms with E-state index in [1.54, 1.807) is 38.1 Å². The van der Waals surface area contributed by atoms with Crippen molar-refractivity contribution in [3.63, 3.8) is 0 Å². The molecular formula is C50H60N4O8. The van der Waals surface area contributed by atoms with Crippen LogP contribution in [0, 0.1) is 11.8 Å². The zero-order valence-electron chi connectivity index (χ0n) is 36.4. The Morgan fingerprint density at radius 1 is 0.855 bits per heavy atom. The fourth-order valence-corrected chi connectivity index (χ4v) is 7.95. The van der Waals surface area contributed by atoms with Gasteiger partial charge >= 0.3 is 0 Å². The predicted molar refractivity (Wildman–Crippen MR) is 239 cm³/mol. The smallest absolute Gasteiger partial charge is 0.251 e. The lowest BCUT2D eigenvalue weighted by Gasteiger charge is -2.32. The normalized spacial score (nSPS) is 17.5. The third-order valence-corrected chi connectivity index (χ3v) is 11.8. The summed E-state index contributed by atoms with van der Waals surface area (Å²) in [4.78, 5) is 83.5. The summed E-state index contributed by atoms with van der Waals surface area (Å²) in [5, 5.41) is 27.5. The molecule has 4 bridgehead atoms. The number of aryl methyl sites for hydroxylation is 1. The number of hydrogen-bond donors (Lipinski definition) is 5. The van der Waals surface area contributed by atoms with Crippen molar-refractivity contribution in [2.75, 3.05) is 13.6 Å². The van der Waals surface area contributed by atoms with E-state index in [1.165, 1.54) is 48.7 Å². The van der Waals surface area contributed by atoms with Gasteiger partial charge in [-0.3, -0.25) is 28.8 Å². The SMILES string of the molecule is CCCCc1ccc(-c2ccc(C(=O)N[C@H](C)C(=O)C[C@@H](CCCCN)C(=O)N(C)[C@@H]3C(=O)C[C@@H](C)C(=O)N[C@H](C(C)=O)Cc4ccc(O)c(c4)-c4cc3ccc4O)cc2)cc1. The van der Waals surface area contributed by atoms with Gasteiger partial charge in [0.15, 0.2) is 17.3 Å². The van der Waals surface area contributed by atoms with Crippen LogP contribution in [0.1, 0.15) is 106 Å². The fraction of sp³-hybridized carbons (Fsp3) is 0.400. The first-order chi connectivity index (χ1) is 29.6. The number of ketones is 3. The minimum absolute atomic E-state index is 0.115. The highest BCUT2D eigenvalue weighted by atomic mass is 16.3. The second-order valence-electron chi connectivity index (χ2n) is 16.7. The van der Waals surface area contributed by atoms with Crippen LogP contribution in [0.4, 0.5) is 0 Å². The van der Waals surface area contributed by atoms with E-state index in [-0.39, 0.29) is 59.9 Å². The Hall–Kier alpha value is -6.14. The standard InChI is InChI=1S/C50H60N4O8/c1-6-7-10-33-12-15-35(16-13-33)36-17-19-37(20-18-36)49(61)52-31(3)45(58)29-39(11-8-9-24-51)50(62)54(5)47-38-21-23-44(57)41(28-38)40-26-34(14-22-43(40)56)27-42(32(4)55)53-48(60)30(2)25-46(47)59/h12-23,26,28,30-31,39,42,47,56-57H,6-11,24-25,27,29,51H2,1-5H3,(H,52,61)(H,53,60)/t30-,31-,39-,42+,47+/m1/s1. The van der Waals surface area contributed by atoms with Crippen LogP contribution in [0.2, 0.25) is 0 Å². The quantitative estimate of drug-likeness (QED) is 0.0737. The molecule has 4 aromatic carbocycles. The van der Waals surface area contributed by atoms with Gasteiger partial charge in [-0.05, 0) is 117 Å². The van der Waals surface area contributed by atoms with Crippen LogP contribution in [-0.4, -0.2) is 75.9 Å². The van der Waals surface area contributed by atoms with Gasteiger partial charge in [-0.15, -0.1) is 0 Å². The average molecular weight is 845 g/mol. The number of nitrogens with two attached hydrogens (primary N) is 1. The van der Waals surface area contributed by atoms with Gasteiger partial charge in [-0.2, -0.15) is 0 Å². The number of amides is 3. The van der Waals surface area contributed by atoms with E-state index in [2.05, 4.69) is 41.8 Å². The number of nitrogens with zero attached hydrogens (tertiary/aromatic N) is 1. The van der Waals surface area contributed by atoms with Gasteiger partial charge in [-0.25, -0.2) is 0 Å². The van der Waals surface area contributed by atoms with E-state index in [9.17, 15) is 39.0 Å². The molecule has 0 spiro atoms. The largest absolute Gasteiger partial charge is 0.507 e. The second kappa shape index (κ2) is 21.6. The summed E-state index contributed by atoms with van der Waals surface area (Å²) in [7, 11) is 1.46. The molecular weight excluding hydrogens is 785 g/mol. The molecule has 0 unspecified atom stereocenters. The number of likely N-dealkylation sites (N-methyl/N-ethyl adjacent to an activating group) is 1. The van der Waals surface area contributed by atoms with Crippen molar-refractivity contribution in [2.45, 2.75) is 104 Å². The van der Waals surface area contributed by atoms with E-state index in [0.29, 0.717) is 36.1 Å². The maximum absolute atomic E-state index is 14.6. The van der Waals surface area contributed by atoms with Crippen molar-refractivity contribution in [3.8, 4) is 33.8 Å². The zero-order valence-corrected chi connectivity index (χ0v) is 36.4. The Morgan fingerprint density at radius 2 is 1.48 bits per heavy atom. The Balaban J connectivity index is 1.38. The monoisotopic (exact) mass is 844 g/mol. The van der Waals surface area contributed by atoms with Crippen molar-refractivity contribution in [3.05, 3.63) is 107 Å². The van der Waals surface area contributed by atoms with E-state index >= 15 is 0 Å². The lowest BCUT2D eigenvalue weighted by molar-refractivity contribution is -0.144. The summed E-state index contributed by atoms with van der Waals surface area (Å²) in [6.07, 6.45) is 4.28. The number of phenols is 2. The Kier molecular flexibility index (Phi) is 16.3. The summed E-state index contributed by atoms with van der Waals surface area (Å²) in [6, 6.07) is 21.5. The van der Waals surface area contributed by atoms with Crippen LogP contribution in [0.25, 0.3) is 22.3 Å². The number of hydrogen-bond acceptors (Lipinski definition) is 9. The summed E-state index contributed by atoms with van der Waals surface area (Å²) in [6.45, 7) is 7.04. The Morgan fingerprint density at radius 3 is 2.11 bits per heavy atom. The van der Waals surface area contributed by atoms with E-state index in [4.69, 9.17) is 5.73 Å². The molecule has 1 aliphatic heterocycles. The predicted octanol–water partition coefficient (Wildman–Crippen LogP) is 7.02. The molecule has 0 fully saturated rings. The first kappa shape index (κ1) is 46.9. The number of carbonyl (C=O) groups excluding carboxylic acids is 6. The van der Waals surface area contributed by atoms with Gasteiger partial charge in [0, 0.05) is 48.4 Å². The van der Waals surface area contributed by atoms with Gasteiger partial charge < -0.3 is 31.5 Å². The number of aromatic hydroxyl groups is 2. The van der Waals surface area contributed by atoms with Gasteiger partial charge in [0.2, 0.25) is 11.8 Å². The molecule has 4 aromatic rings. The van der Waals surface area contributed by atoms with E-state index < -0.39 is 53.5 Å². The summed E-state index contributed by atoms with van der Waals surface area (Å²) >= 11 is 0. The van der Waals surface area contributed by atoms with Crippen LogP contribution in [0.15, 0.2) is 84.9 Å². The maximum Gasteiger partial charge on any atom is 0.251 e. The number of carbonyl (C=O) groups is 6. The van der Waals surface area contributed by atoms with Crippen LogP contribution >= 0.6 is 0 Å². The highest BCUT2D eigenvalue weighted by Crippen LogP contribution is 2.39. The average Bonchev–Trinajstić information content (AvgIpc) is 3.25. The van der Waals surface area contributed by atoms with Crippen molar-refractivity contribution in [1.82, 2.24) is 15.5 Å². The summed E-state index contributed by atoms with van der Waals surface area (Å²) in [5.74, 6) is -4.75. The summed E-state index contributed by atoms with van der Waals surface area (Å²) in [5.41, 5.74) is 10.8. The fourth-order valence-electron chi connectivity index (χ4n) is 7.95. The third kappa shape index (κ3) is 11.8. The number of nitrogens with one attached hydrogen (secondary N) is 2. The number of fused-ring (bicyclic) bond motifs is 5. The molecule has 0 saturated heterocycles. The van der Waals surface area contributed by atoms with Crippen molar-refractivity contribution < 1.29 is 39.0 Å². The molecule has 0 radical (unpaired) electrons. The highest BCUT2D eigenvalue weighted by molar-refractivity contribution is 6.00. The number of benzene rings is 4. The molecule has 3 amide bonds. The maximum atomic E-state index is 14.6. The molecule has 0 aliphatic carbocycles. The molecule has 12 heteroatoms. The third-order valence-electron chi connectivity index (χ3n) is 11.8. The summed E-state index contributed by atoms with van der Waals surface area (Å²) < 4.78 is 0. The van der Waals surface area contributed by atoms with Crippen LogP contribution in [-0.2, 0) is 36.8 Å². The molecule has 328 valence electrons. The lowest BCUT2D eigenvalue weighted by Crippen LogP contribution is -2.45. The minimum atomic E-state index is -1.26. The number of unbranched alkanes of at least 4 members (excludes halogenated alkanes) is 2. The first-order valence-electron chi connectivity index (χ1n) is 21.6. The van der Waals surface area contributed by atoms with Crippen molar-refractivity contribution >= 4 is 35.1 Å². The number of Topliss-reactive ketones (excluding diaryl/α,β-unsaturated/α-hetero) is 3. The molecule has 0 aromatic heterocycles. The van der Waals surface area contributed by atoms with Gasteiger partial charge in [0.05, 0.1) is 12.1 Å². The molecule has 1 heterocycles. The first-order valence-corrected chi connectivity index (χ1v) is 21.6. The second-order valence-corrected chi connectivity index (χ2v) is 16.7. The topological polar surface area (TPSA) is 196 Å². The molecule has 62 heavy (non-hydrogen) atoms. The van der Waals surface area contributed by atoms with Crippen molar-refractivity contribution in [2.24, 2.45) is 17.6 Å². The highest BCUT2D eigenvalue weighted by Gasteiger charge is 2.36. The van der Waals surface area contributed by atoms with Crippen LogP contribution in [0.3, 0.4) is 0 Å². The lowest BCUT2D eigenvalue weighted by atomic mass is 9.88. The Labute approximate surface area is 364 Å². The van der Waals surface area contributed by atoms with Gasteiger partial charge in [0.25, 0.3) is 5.91 Å². The molecule has 6 N–H and O–H groups in total. The van der Waals surface area contributed by atoms with Crippen molar-refractivity contribution in [1.29, 1.82) is 0 Å². The molecule has 0 saturated carbocycles. The van der Waals surface area contributed by atoms with E-state index in [0.717, 1.165) is 30.4 Å². The molecule has 5 atom stereocenters. The molecule has 1 aliphatic rings. The van der Waals surface area contributed by atoms with Gasteiger partial charge in [0.1, 0.15) is 17.5 Å². The molecule has 5 rings (SSSR count). The zero-order chi connectivity index (χ0) is 45.1. The van der Waals surface area contributed by atoms with Crippen LogP contribution in [0.5, 0.6) is 11.5 Å². The number of rotatable bonds is 16. The Bertz CT molecular complexity index is 2250. The van der Waals surface area contributed by atoms with Crippen LogP contribution < -0.4 is 16.4 Å². The van der Waals surface area contributed by atoms with Gasteiger partial charge in [-0.1, -0.05) is 75.2 Å².